The molecule has 2 aromatic rings. The molecule has 0 atom stereocenters. The molecule has 0 radical (unpaired) electrons. The van der Waals surface area contributed by atoms with Crippen molar-refractivity contribution < 1.29 is 14.4 Å². The zero-order valence-corrected chi connectivity index (χ0v) is 12.2. The lowest BCUT2D eigenvalue weighted by molar-refractivity contribution is -0.384. The van der Waals surface area contributed by atoms with Gasteiger partial charge in [-0.05, 0) is 18.2 Å². The Morgan fingerprint density at radius 2 is 2.05 bits per heavy atom. The summed E-state index contributed by atoms with van der Waals surface area (Å²) in [4.78, 5) is 14.6. The maximum absolute atomic E-state index is 11.1. The van der Waals surface area contributed by atoms with Crippen LogP contribution in [0.15, 0.2) is 30.3 Å². The molecule has 0 spiro atoms. The summed E-state index contributed by atoms with van der Waals surface area (Å²) < 4.78 is 10.2. The fourth-order valence-corrected chi connectivity index (χ4v) is 1.94. The van der Waals surface area contributed by atoms with Crippen LogP contribution >= 0.6 is 0 Å². The van der Waals surface area contributed by atoms with Crippen molar-refractivity contribution in [3.05, 3.63) is 46.0 Å². The normalized spacial score (nSPS) is 10.1. The van der Waals surface area contributed by atoms with Crippen LogP contribution in [0.2, 0.25) is 0 Å². The zero-order chi connectivity index (χ0) is 16.1. The van der Waals surface area contributed by atoms with E-state index >= 15 is 0 Å². The third-order valence-corrected chi connectivity index (χ3v) is 3.02. The number of aromatic nitrogens is 1. The summed E-state index contributed by atoms with van der Waals surface area (Å²) in [6.45, 7) is 0.284. The Kier molecular flexibility index (Phi) is 4.74. The Labute approximate surface area is 127 Å². The van der Waals surface area contributed by atoms with Crippen molar-refractivity contribution in [2.75, 3.05) is 19.5 Å². The quantitative estimate of drug-likeness (QED) is 0.621. The molecule has 22 heavy (non-hydrogen) atoms. The average Bonchev–Trinajstić information content (AvgIpc) is 2.54. The number of pyridine rings is 1. The molecule has 1 aromatic heterocycles. The van der Waals surface area contributed by atoms with Gasteiger partial charge in [-0.25, -0.2) is 0 Å². The zero-order valence-electron chi connectivity index (χ0n) is 12.2. The molecular formula is C14H16N4O4. The number of methoxy groups -OCH3 is 2. The molecule has 2 rings (SSSR count). The second kappa shape index (κ2) is 6.72. The fraction of sp³-hybridized carbons (Fsp3) is 0.214. The lowest BCUT2D eigenvalue weighted by Gasteiger charge is -2.11. The maximum atomic E-state index is 11.1. The van der Waals surface area contributed by atoms with Crippen molar-refractivity contribution in [2.24, 2.45) is 5.73 Å². The molecule has 3 N–H and O–H groups in total. The second-order valence-corrected chi connectivity index (χ2v) is 4.33. The van der Waals surface area contributed by atoms with Crippen LogP contribution in [0, 0.1) is 10.1 Å². The minimum Gasteiger partial charge on any atom is -0.496 e. The molecule has 0 amide bonds. The summed E-state index contributed by atoms with van der Waals surface area (Å²) >= 11 is 0. The Balaban J connectivity index is 2.39. The highest BCUT2D eigenvalue weighted by Crippen LogP contribution is 2.30. The highest BCUT2D eigenvalue weighted by Gasteiger charge is 2.17. The minimum atomic E-state index is -0.512. The minimum absolute atomic E-state index is 0.0949. The summed E-state index contributed by atoms with van der Waals surface area (Å²) in [6.07, 6.45) is 0. The van der Waals surface area contributed by atoms with E-state index in [4.69, 9.17) is 15.2 Å². The predicted molar refractivity (Wildman–Crippen MR) is 81.6 cm³/mol. The van der Waals surface area contributed by atoms with Crippen molar-refractivity contribution in [3.8, 4) is 11.6 Å². The third kappa shape index (κ3) is 3.23. The van der Waals surface area contributed by atoms with E-state index in [-0.39, 0.29) is 23.9 Å². The van der Waals surface area contributed by atoms with Gasteiger partial charge in [0.2, 0.25) is 11.7 Å². The number of hydrogen-bond donors (Lipinski definition) is 2. The molecule has 1 aromatic carbocycles. The molecule has 8 heteroatoms. The van der Waals surface area contributed by atoms with E-state index in [0.717, 1.165) is 5.56 Å². The highest BCUT2D eigenvalue weighted by atomic mass is 16.6. The Bertz CT molecular complexity index is 691. The van der Waals surface area contributed by atoms with E-state index in [1.54, 1.807) is 25.3 Å². The van der Waals surface area contributed by atoms with Crippen LogP contribution in [0.5, 0.6) is 11.6 Å². The maximum Gasteiger partial charge on any atom is 0.311 e. The summed E-state index contributed by atoms with van der Waals surface area (Å²) in [7, 11) is 2.99. The van der Waals surface area contributed by atoms with Crippen LogP contribution in [0.3, 0.4) is 0 Å². The van der Waals surface area contributed by atoms with Crippen molar-refractivity contribution in [3.63, 3.8) is 0 Å². The summed E-state index contributed by atoms with van der Waals surface area (Å²) in [6, 6.07) is 7.98. The first-order chi connectivity index (χ1) is 10.6. The SMILES string of the molecule is COc1ccc([N+](=O)[O-])c(Nc2ccc(OC)c(CN)c2)n1. The summed E-state index contributed by atoms with van der Waals surface area (Å²) in [5.41, 5.74) is 6.91. The molecule has 0 aliphatic heterocycles. The van der Waals surface area contributed by atoms with Crippen molar-refractivity contribution in [1.29, 1.82) is 0 Å². The van der Waals surface area contributed by atoms with Gasteiger partial charge in [0.15, 0.2) is 0 Å². The number of benzene rings is 1. The molecular weight excluding hydrogens is 288 g/mol. The van der Waals surface area contributed by atoms with E-state index in [1.165, 1.54) is 19.2 Å². The van der Waals surface area contributed by atoms with Gasteiger partial charge in [0, 0.05) is 29.9 Å². The lowest BCUT2D eigenvalue weighted by atomic mass is 10.1. The fourth-order valence-electron chi connectivity index (χ4n) is 1.94. The number of nitrogens with zero attached hydrogens (tertiary/aromatic N) is 2. The number of nitrogens with two attached hydrogens (primary N) is 1. The number of ether oxygens (including phenoxy) is 2. The van der Waals surface area contributed by atoms with E-state index < -0.39 is 4.92 Å². The van der Waals surface area contributed by atoms with Crippen LogP contribution in [0.4, 0.5) is 17.2 Å². The van der Waals surface area contributed by atoms with Crippen LogP contribution in [-0.2, 0) is 6.54 Å². The van der Waals surface area contributed by atoms with Crippen molar-refractivity contribution >= 4 is 17.2 Å². The largest absolute Gasteiger partial charge is 0.496 e. The molecule has 0 saturated heterocycles. The predicted octanol–water partition coefficient (Wildman–Crippen LogP) is 2.21. The topological polar surface area (TPSA) is 113 Å². The Hall–Kier alpha value is -2.87. The van der Waals surface area contributed by atoms with Gasteiger partial charge in [-0.15, -0.1) is 0 Å². The third-order valence-electron chi connectivity index (χ3n) is 3.02. The molecule has 0 saturated carbocycles. The van der Waals surface area contributed by atoms with E-state index in [9.17, 15) is 10.1 Å². The molecule has 0 aliphatic carbocycles. The summed E-state index contributed by atoms with van der Waals surface area (Å²) in [5, 5.41) is 14.0. The second-order valence-electron chi connectivity index (χ2n) is 4.33. The average molecular weight is 304 g/mol. The molecule has 0 fully saturated rings. The Morgan fingerprint density at radius 1 is 1.27 bits per heavy atom. The molecule has 116 valence electrons. The molecule has 0 aliphatic rings. The molecule has 0 unspecified atom stereocenters. The first-order valence-electron chi connectivity index (χ1n) is 6.42. The van der Waals surface area contributed by atoms with Gasteiger partial charge in [-0.3, -0.25) is 10.1 Å². The van der Waals surface area contributed by atoms with Gasteiger partial charge < -0.3 is 20.5 Å². The van der Waals surface area contributed by atoms with Crippen LogP contribution in [0.25, 0.3) is 0 Å². The number of hydrogen-bond acceptors (Lipinski definition) is 7. The van der Waals surface area contributed by atoms with Gasteiger partial charge in [0.25, 0.3) is 0 Å². The van der Waals surface area contributed by atoms with Crippen LogP contribution in [0.1, 0.15) is 5.56 Å². The van der Waals surface area contributed by atoms with Gasteiger partial charge >= 0.3 is 5.69 Å². The Morgan fingerprint density at radius 3 is 2.64 bits per heavy atom. The van der Waals surface area contributed by atoms with Gasteiger partial charge in [-0.2, -0.15) is 4.98 Å². The monoisotopic (exact) mass is 304 g/mol. The number of rotatable bonds is 6. The van der Waals surface area contributed by atoms with Crippen molar-refractivity contribution in [2.45, 2.75) is 6.54 Å². The van der Waals surface area contributed by atoms with Gasteiger partial charge in [0.05, 0.1) is 19.1 Å². The first kappa shape index (κ1) is 15.5. The van der Waals surface area contributed by atoms with E-state index in [0.29, 0.717) is 11.4 Å². The van der Waals surface area contributed by atoms with E-state index in [1.807, 2.05) is 0 Å². The van der Waals surface area contributed by atoms with Gasteiger partial charge in [0.1, 0.15) is 5.75 Å². The molecule has 0 bridgehead atoms. The first-order valence-corrected chi connectivity index (χ1v) is 6.42. The van der Waals surface area contributed by atoms with Crippen LogP contribution < -0.4 is 20.5 Å². The molecule has 8 nitrogen and oxygen atoms in total. The van der Waals surface area contributed by atoms with Crippen LogP contribution in [-0.4, -0.2) is 24.1 Å². The molecule has 1 heterocycles. The van der Waals surface area contributed by atoms with Crippen molar-refractivity contribution in [1.82, 2.24) is 4.98 Å². The van der Waals surface area contributed by atoms with E-state index in [2.05, 4.69) is 10.3 Å². The number of anilines is 2. The summed E-state index contributed by atoms with van der Waals surface area (Å²) in [5.74, 6) is 1.03. The smallest absolute Gasteiger partial charge is 0.311 e. The van der Waals surface area contributed by atoms with Gasteiger partial charge in [-0.1, -0.05) is 0 Å². The number of nitrogens with one attached hydrogen (secondary N) is 1. The highest BCUT2D eigenvalue weighted by molar-refractivity contribution is 5.67. The number of nitro groups is 1. The lowest BCUT2D eigenvalue weighted by Crippen LogP contribution is -2.03. The standard InChI is InChI=1S/C14H16N4O4/c1-21-12-5-3-10(7-9(12)8-15)16-14-11(18(19)20)4-6-13(17-14)22-2/h3-7H,8,15H2,1-2H3,(H,16,17).